The lowest BCUT2D eigenvalue weighted by molar-refractivity contribution is 0.191. The largest absolute Gasteiger partial charge is 0.385 e. The minimum atomic E-state index is 0.818. The van der Waals surface area contributed by atoms with Crippen molar-refractivity contribution in [2.75, 3.05) is 13.7 Å². The third kappa shape index (κ3) is 3.33. The first-order valence-electron chi connectivity index (χ1n) is 6.09. The van der Waals surface area contributed by atoms with E-state index in [-0.39, 0.29) is 0 Å². The highest BCUT2D eigenvalue weighted by Gasteiger charge is 2.04. The van der Waals surface area contributed by atoms with Crippen LogP contribution < -0.4 is 0 Å². The summed E-state index contributed by atoms with van der Waals surface area (Å²) in [6.07, 6.45) is 3.42. The van der Waals surface area contributed by atoms with Gasteiger partial charge in [0.1, 0.15) is 0 Å². The molecule has 0 saturated carbocycles. The summed E-state index contributed by atoms with van der Waals surface area (Å²) in [6.45, 7) is 1.82. The van der Waals surface area contributed by atoms with Crippen molar-refractivity contribution >= 4 is 45.8 Å². The first-order valence-corrected chi connectivity index (χ1v) is 7.58. The first kappa shape index (κ1) is 14.0. The Kier molecular flexibility index (Phi) is 5.20. The maximum atomic E-state index is 5.38. The fourth-order valence-corrected chi connectivity index (χ4v) is 2.84. The zero-order chi connectivity index (χ0) is 13.0. The maximum Gasteiger partial charge on any atom is 0.178 e. The predicted octanol–water partition coefficient (Wildman–Crippen LogP) is 4.12. The highest BCUT2D eigenvalue weighted by molar-refractivity contribution is 14.1. The summed E-state index contributed by atoms with van der Waals surface area (Å²) in [7, 11) is 1.75. The number of hydrogen-bond acceptors (Lipinski definition) is 2. The number of imidazole rings is 1. The van der Waals surface area contributed by atoms with E-state index in [9.17, 15) is 0 Å². The van der Waals surface area contributed by atoms with Gasteiger partial charge in [0.15, 0.2) is 4.77 Å². The highest BCUT2D eigenvalue weighted by Crippen LogP contribution is 2.18. The molecule has 1 heterocycles. The Morgan fingerprint density at radius 1 is 1.33 bits per heavy atom. The number of halogens is 1. The Morgan fingerprint density at radius 2 is 2.17 bits per heavy atom. The second-order valence-corrected chi connectivity index (χ2v) is 5.93. The van der Waals surface area contributed by atoms with Crippen LogP contribution in [0.3, 0.4) is 0 Å². The fraction of sp³-hybridized carbons (Fsp3) is 0.462. The Morgan fingerprint density at radius 3 is 2.94 bits per heavy atom. The summed E-state index contributed by atoms with van der Waals surface area (Å²) in [4.78, 5) is 3.27. The predicted molar refractivity (Wildman–Crippen MR) is 85.6 cm³/mol. The van der Waals surface area contributed by atoms with Gasteiger partial charge in [0.25, 0.3) is 0 Å². The van der Waals surface area contributed by atoms with E-state index in [0.29, 0.717) is 0 Å². The Labute approximate surface area is 126 Å². The number of aryl methyl sites for hydroxylation is 1. The normalized spacial score (nSPS) is 11.2. The number of unbranched alkanes of at least 4 members (excludes halogenated alkanes) is 2. The quantitative estimate of drug-likeness (QED) is 0.467. The first-order chi connectivity index (χ1) is 8.72. The lowest BCUT2D eigenvalue weighted by Gasteiger charge is -2.04. The third-order valence-electron chi connectivity index (χ3n) is 2.97. The molecule has 0 unspecified atom stereocenters. The number of methoxy groups -OCH3 is 1. The number of ether oxygens (including phenoxy) is 1. The number of fused-ring (bicyclic) bond motifs is 1. The monoisotopic (exact) mass is 376 g/mol. The number of H-pyrrole nitrogens is 1. The molecule has 0 radical (unpaired) electrons. The molecule has 1 N–H and O–H groups in total. The highest BCUT2D eigenvalue weighted by atomic mass is 127. The number of rotatable bonds is 6. The maximum absolute atomic E-state index is 5.38. The van der Waals surface area contributed by atoms with Crippen LogP contribution in [0.2, 0.25) is 0 Å². The summed E-state index contributed by atoms with van der Waals surface area (Å²) >= 11 is 7.69. The Hall–Kier alpha value is -0.400. The molecule has 0 bridgehead atoms. The second kappa shape index (κ2) is 6.68. The van der Waals surface area contributed by atoms with Crippen molar-refractivity contribution in [1.29, 1.82) is 0 Å². The minimum Gasteiger partial charge on any atom is -0.385 e. The number of nitrogens with one attached hydrogen (secondary N) is 1. The topological polar surface area (TPSA) is 29.9 Å². The van der Waals surface area contributed by atoms with E-state index >= 15 is 0 Å². The SMILES string of the molecule is COCCCCCn1c(=S)[nH]c2cc(I)ccc21. The molecule has 3 nitrogen and oxygen atoms in total. The standard InChI is InChI=1S/C13H17IN2OS/c1-17-8-4-2-3-7-16-12-6-5-10(14)9-11(12)15-13(16)18/h5-6,9H,2-4,7-8H2,1H3,(H,15,18). The van der Waals surface area contributed by atoms with E-state index in [4.69, 9.17) is 17.0 Å². The third-order valence-corrected chi connectivity index (χ3v) is 3.96. The van der Waals surface area contributed by atoms with Crippen LogP contribution in [0.1, 0.15) is 19.3 Å². The Bertz CT molecular complexity index is 576. The van der Waals surface area contributed by atoms with Crippen molar-refractivity contribution in [3.63, 3.8) is 0 Å². The van der Waals surface area contributed by atoms with Gasteiger partial charge in [-0.3, -0.25) is 0 Å². The van der Waals surface area contributed by atoms with Crippen LogP contribution in [0.25, 0.3) is 11.0 Å². The van der Waals surface area contributed by atoms with Crippen molar-refractivity contribution < 1.29 is 4.74 Å². The van der Waals surface area contributed by atoms with E-state index in [0.717, 1.165) is 36.3 Å². The molecule has 0 aliphatic rings. The van der Waals surface area contributed by atoms with Crippen LogP contribution in [0.4, 0.5) is 0 Å². The van der Waals surface area contributed by atoms with E-state index in [1.807, 2.05) is 0 Å². The summed E-state index contributed by atoms with van der Waals surface area (Å²) < 4.78 is 9.28. The van der Waals surface area contributed by atoms with Gasteiger partial charge in [-0.05, 0) is 72.3 Å². The average Bonchev–Trinajstić information content (AvgIpc) is 2.64. The molecule has 2 aromatic rings. The van der Waals surface area contributed by atoms with E-state index in [2.05, 4.69) is 50.3 Å². The van der Waals surface area contributed by atoms with Gasteiger partial charge < -0.3 is 14.3 Å². The van der Waals surface area contributed by atoms with E-state index < -0.39 is 0 Å². The molecule has 1 aromatic heterocycles. The van der Waals surface area contributed by atoms with Gasteiger partial charge in [-0.25, -0.2) is 0 Å². The molecule has 0 spiro atoms. The van der Waals surface area contributed by atoms with Crippen molar-refractivity contribution in [3.8, 4) is 0 Å². The fourth-order valence-electron chi connectivity index (χ4n) is 2.05. The van der Waals surface area contributed by atoms with Gasteiger partial charge in [-0.1, -0.05) is 0 Å². The number of hydrogen-bond donors (Lipinski definition) is 1. The van der Waals surface area contributed by atoms with Crippen molar-refractivity contribution in [2.45, 2.75) is 25.8 Å². The number of aromatic amines is 1. The van der Waals surface area contributed by atoms with Gasteiger partial charge in [-0.15, -0.1) is 0 Å². The van der Waals surface area contributed by atoms with Crippen LogP contribution in [0.5, 0.6) is 0 Å². The molecular weight excluding hydrogens is 359 g/mol. The van der Waals surface area contributed by atoms with Gasteiger partial charge in [0, 0.05) is 23.8 Å². The number of nitrogens with zero attached hydrogens (tertiary/aromatic N) is 1. The van der Waals surface area contributed by atoms with Gasteiger partial charge in [0.2, 0.25) is 0 Å². The summed E-state index contributed by atoms with van der Waals surface area (Å²) in [5.74, 6) is 0. The zero-order valence-electron chi connectivity index (χ0n) is 10.4. The van der Waals surface area contributed by atoms with E-state index in [1.54, 1.807) is 7.11 Å². The van der Waals surface area contributed by atoms with Gasteiger partial charge in [-0.2, -0.15) is 0 Å². The second-order valence-electron chi connectivity index (χ2n) is 4.30. The molecule has 0 aliphatic heterocycles. The van der Waals surface area contributed by atoms with Crippen molar-refractivity contribution in [2.24, 2.45) is 0 Å². The lowest BCUT2D eigenvalue weighted by atomic mass is 10.2. The average molecular weight is 376 g/mol. The molecule has 2 rings (SSSR count). The summed E-state index contributed by atoms with van der Waals surface area (Å²) in [5, 5.41) is 0. The lowest BCUT2D eigenvalue weighted by Crippen LogP contribution is -1.99. The van der Waals surface area contributed by atoms with Gasteiger partial charge >= 0.3 is 0 Å². The molecule has 1 aromatic carbocycles. The summed E-state index contributed by atoms with van der Waals surface area (Å²) in [5.41, 5.74) is 2.33. The van der Waals surface area contributed by atoms with Crippen molar-refractivity contribution in [1.82, 2.24) is 9.55 Å². The van der Waals surface area contributed by atoms with Crippen LogP contribution >= 0.6 is 34.8 Å². The molecular formula is C13H17IN2OS. The van der Waals surface area contributed by atoms with Crippen LogP contribution in [-0.2, 0) is 11.3 Å². The molecule has 0 atom stereocenters. The molecule has 98 valence electrons. The smallest absolute Gasteiger partial charge is 0.178 e. The molecule has 0 fully saturated rings. The van der Waals surface area contributed by atoms with Crippen LogP contribution in [-0.4, -0.2) is 23.3 Å². The number of aromatic nitrogens is 2. The number of benzene rings is 1. The molecule has 18 heavy (non-hydrogen) atoms. The summed E-state index contributed by atoms with van der Waals surface area (Å²) in [6, 6.07) is 6.39. The van der Waals surface area contributed by atoms with Gasteiger partial charge in [0.05, 0.1) is 11.0 Å². The van der Waals surface area contributed by atoms with E-state index in [1.165, 1.54) is 15.5 Å². The van der Waals surface area contributed by atoms with Crippen LogP contribution in [0, 0.1) is 8.34 Å². The molecule has 0 saturated heterocycles. The molecule has 5 heteroatoms. The molecule has 0 amide bonds. The minimum absolute atomic E-state index is 0.818. The Balaban J connectivity index is 2.08. The van der Waals surface area contributed by atoms with Crippen molar-refractivity contribution in [3.05, 3.63) is 26.5 Å². The molecule has 0 aliphatic carbocycles. The zero-order valence-corrected chi connectivity index (χ0v) is 13.4. The van der Waals surface area contributed by atoms with Crippen LogP contribution in [0.15, 0.2) is 18.2 Å².